The number of para-hydroxylation sites is 1. The van der Waals surface area contributed by atoms with Crippen LogP contribution in [-0.4, -0.2) is 74.9 Å². The Hall–Kier alpha value is -3.76. The maximum Gasteiger partial charge on any atom is 0.225 e. The molecule has 0 saturated carbocycles. The van der Waals surface area contributed by atoms with Crippen molar-refractivity contribution in [3.63, 3.8) is 0 Å². The minimum atomic E-state index is -0.00109. The van der Waals surface area contributed by atoms with Crippen LogP contribution in [0.5, 0.6) is 0 Å². The van der Waals surface area contributed by atoms with Gasteiger partial charge >= 0.3 is 0 Å². The number of H-pyrrole nitrogens is 1. The number of aromatic amines is 1. The molecule has 2 fully saturated rings. The van der Waals surface area contributed by atoms with Crippen molar-refractivity contribution in [3.8, 4) is 11.1 Å². The summed E-state index contributed by atoms with van der Waals surface area (Å²) in [5, 5.41) is 6.02. The molecule has 2 saturated heterocycles. The molecule has 2 N–H and O–H groups in total. The van der Waals surface area contributed by atoms with E-state index in [0.717, 1.165) is 94.3 Å². The molecule has 0 atom stereocenters. The summed E-state index contributed by atoms with van der Waals surface area (Å²) in [5.41, 5.74) is 3.64. The van der Waals surface area contributed by atoms with E-state index in [1.807, 2.05) is 30.3 Å². The minimum absolute atomic E-state index is 0.00109. The Kier molecular flexibility index (Phi) is 7.18. The largest absolute Gasteiger partial charge is 0.379 e. The highest BCUT2D eigenvalue weighted by Gasteiger charge is 2.20. The van der Waals surface area contributed by atoms with Crippen molar-refractivity contribution in [1.29, 1.82) is 0 Å². The number of hydrogen-bond donors (Lipinski definition) is 2. The van der Waals surface area contributed by atoms with Crippen LogP contribution in [0.15, 0.2) is 65.5 Å². The number of fused-ring (bicyclic) bond motifs is 4. The first kappa shape index (κ1) is 26.2. The summed E-state index contributed by atoms with van der Waals surface area (Å²) in [6.45, 7) is 6.65. The topological polar surface area (TPSA) is 86.9 Å². The number of ether oxygens (including phenoxy) is 2. The molecule has 3 aromatic carbocycles. The Morgan fingerprint density at radius 2 is 1.63 bits per heavy atom. The Morgan fingerprint density at radius 3 is 2.46 bits per heavy atom. The van der Waals surface area contributed by atoms with E-state index in [-0.39, 0.29) is 11.3 Å². The molecule has 4 heterocycles. The van der Waals surface area contributed by atoms with E-state index < -0.39 is 0 Å². The van der Waals surface area contributed by atoms with Crippen molar-refractivity contribution in [2.75, 3.05) is 69.4 Å². The lowest BCUT2D eigenvalue weighted by molar-refractivity contribution is -0.116. The fourth-order valence-corrected chi connectivity index (χ4v) is 7.16. The molecule has 1 amide bonds. The number of aromatic nitrogens is 1. The molecule has 9 heteroatoms. The van der Waals surface area contributed by atoms with Gasteiger partial charge in [-0.15, -0.1) is 11.3 Å². The predicted octanol–water partition coefficient (Wildman–Crippen LogP) is 5.06. The number of carbonyl (C=O) groups excluding carboxylic acids is 1. The van der Waals surface area contributed by atoms with Gasteiger partial charge in [0.15, 0.2) is 5.43 Å². The molecule has 0 bridgehead atoms. The molecule has 2 aliphatic rings. The van der Waals surface area contributed by atoms with Crippen molar-refractivity contribution in [3.05, 3.63) is 70.9 Å². The number of thiophene rings is 1. The normalized spacial score (nSPS) is 16.5. The van der Waals surface area contributed by atoms with E-state index in [1.165, 1.54) is 0 Å². The number of amides is 1. The lowest BCUT2D eigenvalue weighted by Gasteiger charge is -2.28. The first-order chi connectivity index (χ1) is 20.2. The van der Waals surface area contributed by atoms with Gasteiger partial charge in [0.2, 0.25) is 5.91 Å². The zero-order valence-electron chi connectivity index (χ0n) is 22.8. The molecule has 0 unspecified atom stereocenters. The van der Waals surface area contributed by atoms with Gasteiger partial charge in [-0.3, -0.25) is 14.5 Å². The Bertz CT molecular complexity index is 1800. The van der Waals surface area contributed by atoms with Crippen molar-refractivity contribution >= 4 is 59.8 Å². The van der Waals surface area contributed by atoms with Gasteiger partial charge in [-0.2, -0.15) is 0 Å². The zero-order chi connectivity index (χ0) is 27.8. The van der Waals surface area contributed by atoms with Gasteiger partial charge < -0.3 is 24.7 Å². The molecule has 0 aliphatic carbocycles. The fourth-order valence-electron chi connectivity index (χ4n) is 5.90. The SMILES string of the molecule is O=C(CCN1CCOCC1)Nc1ccc(-c2cccc3c(=O)cc(N4CCOCC4)[nH]c23)c2sc3ccccc3c12. The van der Waals surface area contributed by atoms with Crippen LogP contribution in [0.3, 0.4) is 0 Å². The number of morpholine rings is 2. The summed E-state index contributed by atoms with van der Waals surface area (Å²) in [6.07, 6.45) is 0.431. The first-order valence-corrected chi connectivity index (χ1v) is 15.0. The van der Waals surface area contributed by atoms with E-state index in [9.17, 15) is 9.59 Å². The minimum Gasteiger partial charge on any atom is -0.379 e. The Labute approximate surface area is 241 Å². The third-order valence-corrected chi connectivity index (χ3v) is 9.26. The van der Waals surface area contributed by atoms with E-state index in [4.69, 9.17) is 9.47 Å². The van der Waals surface area contributed by atoms with Crippen LogP contribution < -0.4 is 15.6 Å². The van der Waals surface area contributed by atoms with E-state index in [0.29, 0.717) is 25.0 Å². The second kappa shape index (κ2) is 11.3. The van der Waals surface area contributed by atoms with Gasteiger partial charge in [0.05, 0.1) is 37.6 Å². The van der Waals surface area contributed by atoms with E-state index in [1.54, 1.807) is 17.4 Å². The molecule has 2 aromatic heterocycles. The highest BCUT2D eigenvalue weighted by molar-refractivity contribution is 7.26. The summed E-state index contributed by atoms with van der Waals surface area (Å²) in [4.78, 5) is 34.4. The third-order valence-electron chi connectivity index (χ3n) is 8.05. The van der Waals surface area contributed by atoms with Crippen LogP contribution in [0.2, 0.25) is 0 Å². The van der Waals surface area contributed by atoms with Crippen LogP contribution in [0.1, 0.15) is 6.42 Å². The lowest BCUT2D eigenvalue weighted by atomic mass is 9.98. The smallest absolute Gasteiger partial charge is 0.225 e. The Balaban J connectivity index is 1.31. The number of pyridine rings is 1. The standard InChI is InChI=1S/C32H32N4O4S/c37-26-20-28(36-14-18-40-19-15-36)34-31-21(5-3-6-23(26)31)22-8-9-25(30-24-4-1-2-7-27(24)41-32(22)30)33-29(38)10-11-35-12-16-39-17-13-35/h1-9,20H,10-19H2,(H,33,38)(H,34,37). The summed E-state index contributed by atoms with van der Waals surface area (Å²) < 4.78 is 13.2. The maximum absolute atomic E-state index is 13.2. The molecule has 2 aliphatic heterocycles. The molecule has 41 heavy (non-hydrogen) atoms. The lowest BCUT2D eigenvalue weighted by Crippen LogP contribution is -2.38. The highest BCUT2D eigenvalue weighted by atomic mass is 32.1. The number of rotatable bonds is 6. The third kappa shape index (κ3) is 5.10. The van der Waals surface area contributed by atoms with Crippen molar-refractivity contribution < 1.29 is 14.3 Å². The number of hydrogen-bond acceptors (Lipinski definition) is 7. The number of benzene rings is 3. The average Bonchev–Trinajstić information content (AvgIpc) is 3.41. The number of carbonyl (C=O) groups is 1. The summed E-state index contributed by atoms with van der Waals surface area (Å²) in [7, 11) is 0. The molecule has 5 aromatic rings. The molecule has 0 spiro atoms. The number of nitrogens with one attached hydrogen (secondary N) is 2. The number of anilines is 2. The van der Waals surface area contributed by atoms with Gasteiger partial charge in [-0.25, -0.2) is 0 Å². The van der Waals surface area contributed by atoms with Crippen molar-refractivity contribution in [2.45, 2.75) is 6.42 Å². The monoisotopic (exact) mass is 568 g/mol. The van der Waals surface area contributed by atoms with E-state index >= 15 is 0 Å². The van der Waals surface area contributed by atoms with Crippen LogP contribution in [0.25, 0.3) is 42.2 Å². The van der Waals surface area contributed by atoms with Crippen molar-refractivity contribution in [1.82, 2.24) is 9.88 Å². The molecular formula is C32H32N4O4S. The molecule has 210 valence electrons. The summed E-state index contributed by atoms with van der Waals surface area (Å²) in [5.74, 6) is 0.820. The van der Waals surface area contributed by atoms with Crippen LogP contribution >= 0.6 is 11.3 Å². The highest BCUT2D eigenvalue weighted by Crippen LogP contribution is 2.44. The molecule has 7 rings (SSSR count). The number of nitrogens with zero attached hydrogens (tertiary/aromatic N) is 2. The summed E-state index contributed by atoms with van der Waals surface area (Å²) in [6, 6.07) is 20.0. The van der Waals surface area contributed by atoms with Crippen LogP contribution in [0, 0.1) is 0 Å². The molecular weight excluding hydrogens is 536 g/mol. The maximum atomic E-state index is 13.2. The van der Waals surface area contributed by atoms with Crippen LogP contribution in [0.4, 0.5) is 11.5 Å². The molecule has 8 nitrogen and oxygen atoms in total. The van der Waals surface area contributed by atoms with E-state index in [2.05, 4.69) is 44.4 Å². The second-order valence-electron chi connectivity index (χ2n) is 10.6. The first-order valence-electron chi connectivity index (χ1n) is 14.2. The van der Waals surface area contributed by atoms with Crippen LogP contribution in [-0.2, 0) is 14.3 Å². The van der Waals surface area contributed by atoms with Gasteiger partial charge in [0.25, 0.3) is 0 Å². The molecule has 0 radical (unpaired) electrons. The van der Waals surface area contributed by atoms with Gasteiger partial charge in [-0.1, -0.05) is 36.4 Å². The van der Waals surface area contributed by atoms with Crippen molar-refractivity contribution in [2.24, 2.45) is 0 Å². The quantitative estimate of drug-likeness (QED) is 0.298. The summed E-state index contributed by atoms with van der Waals surface area (Å²) >= 11 is 1.71. The zero-order valence-corrected chi connectivity index (χ0v) is 23.6. The Morgan fingerprint density at radius 1 is 0.878 bits per heavy atom. The average molecular weight is 569 g/mol. The second-order valence-corrected chi connectivity index (χ2v) is 11.6. The van der Waals surface area contributed by atoms with Gasteiger partial charge in [0.1, 0.15) is 5.82 Å². The van der Waals surface area contributed by atoms with Gasteiger partial charge in [-0.05, 0) is 18.2 Å². The van der Waals surface area contributed by atoms with Gasteiger partial charge in [0, 0.05) is 81.9 Å². The predicted molar refractivity (Wildman–Crippen MR) is 166 cm³/mol. The fraction of sp³-hybridized carbons (Fsp3) is 0.312.